The molecule has 0 aromatic heterocycles. The number of aliphatic imine (C=N–C) groups is 1. The van der Waals surface area contributed by atoms with Crippen molar-refractivity contribution in [2.24, 2.45) is 4.99 Å². The van der Waals surface area contributed by atoms with E-state index in [9.17, 15) is 5.11 Å². The molecule has 0 aromatic rings. The second-order valence-electron chi connectivity index (χ2n) is 6.20. The molecule has 0 rings (SSSR count). The Morgan fingerprint density at radius 1 is 0.727 bits per heavy atom. The summed E-state index contributed by atoms with van der Waals surface area (Å²) in [6.07, 6.45) is 22.2. The first kappa shape index (κ1) is 21.2. The van der Waals surface area contributed by atoms with Gasteiger partial charge in [0, 0.05) is 6.54 Å². The second kappa shape index (κ2) is 18.3. The van der Waals surface area contributed by atoms with Crippen molar-refractivity contribution in [1.82, 2.24) is 0 Å². The molecule has 0 aliphatic heterocycles. The van der Waals surface area contributed by atoms with Gasteiger partial charge in [0.2, 0.25) is 0 Å². The molecule has 0 aromatic carbocycles. The standard InChI is InChI=1S/C20H39NO/c1-3-5-6-7-8-9-10-11-12-13-14-15-16-17-18-19-20(22)21-4-2/h11-12H,3-10,13-19H2,1-2H3,(H,21,22)/p-1. The molecule has 0 heterocycles. The summed E-state index contributed by atoms with van der Waals surface area (Å²) in [6, 6.07) is 0. The van der Waals surface area contributed by atoms with Crippen molar-refractivity contribution in [3.63, 3.8) is 0 Å². The number of hydrogen-bond acceptors (Lipinski definition) is 2. The van der Waals surface area contributed by atoms with Crippen molar-refractivity contribution in [3.8, 4) is 0 Å². The fourth-order valence-corrected chi connectivity index (χ4v) is 2.60. The van der Waals surface area contributed by atoms with Crippen LogP contribution in [-0.2, 0) is 0 Å². The maximum absolute atomic E-state index is 11.2. The molecule has 22 heavy (non-hydrogen) atoms. The van der Waals surface area contributed by atoms with Crippen molar-refractivity contribution >= 4 is 5.90 Å². The molecule has 0 amide bonds. The quantitative estimate of drug-likeness (QED) is 0.153. The summed E-state index contributed by atoms with van der Waals surface area (Å²) >= 11 is 0. The Morgan fingerprint density at radius 3 is 1.77 bits per heavy atom. The van der Waals surface area contributed by atoms with Crippen molar-refractivity contribution in [3.05, 3.63) is 12.2 Å². The molecule has 130 valence electrons. The monoisotopic (exact) mass is 308 g/mol. The lowest BCUT2D eigenvalue weighted by atomic mass is 10.1. The summed E-state index contributed by atoms with van der Waals surface area (Å²) in [5.41, 5.74) is 0. The van der Waals surface area contributed by atoms with Crippen LogP contribution in [0, 0.1) is 0 Å². The van der Waals surface area contributed by atoms with Crippen LogP contribution in [0.4, 0.5) is 0 Å². The lowest BCUT2D eigenvalue weighted by molar-refractivity contribution is -0.219. The highest BCUT2D eigenvalue weighted by Crippen LogP contribution is 2.09. The number of allylic oxidation sites excluding steroid dienone is 2. The zero-order valence-corrected chi connectivity index (χ0v) is 15.1. The van der Waals surface area contributed by atoms with E-state index in [2.05, 4.69) is 24.1 Å². The lowest BCUT2D eigenvalue weighted by Crippen LogP contribution is -2.17. The molecule has 0 unspecified atom stereocenters. The summed E-state index contributed by atoms with van der Waals surface area (Å²) in [5, 5.41) is 11.2. The molecule has 2 nitrogen and oxygen atoms in total. The average molecular weight is 309 g/mol. The van der Waals surface area contributed by atoms with E-state index in [1.165, 1.54) is 77.0 Å². The highest BCUT2D eigenvalue weighted by atomic mass is 16.3. The minimum atomic E-state index is 0.0835. The molecule has 0 radical (unpaired) electrons. The predicted molar refractivity (Wildman–Crippen MR) is 97.4 cm³/mol. The molecule has 0 saturated carbocycles. The molecule has 2 heteroatoms. The third kappa shape index (κ3) is 17.3. The Labute approximate surface area is 139 Å². The Morgan fingerprint density at radius 2 is 1.23 bits per heavy atom. The van der Waals surface area contributed by atoms with E-state index < -0.39 is 0 Å². The second-order valence-corrected chi connectivity index (χ2v) is 6.20. The van der Waals surface area contributed by atoms with Crippen LogP contribution < -0.4 is 5.11 Å². The van der Waals surface area contributed by atoms with Crippen LogP contribution >= 0.6 is 0 Å². The highest BCUT2D eigenvalue weighted by Gasteiger charge is 1.91. The molecular weight excluding hydrogens is 270 g/mol. The zero-order valence-electron chi connectivity index (χ0n) is 15.1. The van der Waals surface area contributed by atoms with Crippen LogP contribution in [0.1, 0.15) is 104 Å². The molecule has 0 atom stereocenters. The zero-order chi connectivity index (χ0) is 16.3. The summed E-state index contributed by atoms with van der Waals surface area (Å²) in [5.74, 6) is 0.0835. The molecule has 0 saturated heterocycles. The Bertz CT molecular complexity index is 271. The Kier molecular flexibility index (Phi) is 17.6. The molecule has 0 N–H and O–H groups in total. The van der Waals surface area contributed by atoms with Crippen LogP contribution in [0.15, 0.2) is 17.1 Å². The minimum absolute atomic E-state index is 0.0835. The van der Waals surface area contributed by atoms with Crippen LogP contribution in [0.5, 0.6) is 0 Å². The number of unbranched alkanes of at least 4 members (excludes halogenated alkanes) is 11. The predicted octanol–water partition coefficient (Wildman–Crippen LogP) is 5.80. The van der Waals surface area contributed by atoms with Gasteiger partial charge in [0.25, 0.3) is 0 Å². The van der Waals surface area contributed by atoms with Crippen LogP contribution in [0.25, 0.3) is 0 Å². The van der Waals surface area contributed by atoms with Gasteiger partial charge in [-0.05, 0) is 51.3 Å². The van der Waals surface area contributed by atoms with Crippen LogP contribution in [-0.4, -0.2) is 12.4 Å². The Balaban J connectivity index is 3.16. The van der Waals surface area contributed by atoms with E-state index in [0.717, 1.165) is 6.42 Å². The molecular formula is C20H38NO-. The average Bonchev–Trinajstić information content (AvgIpc) is 2.51. The number of hydrogen-bond donors (Lipinski definition) is 0. The first-order valence-electron chi connectivity index (χ1n) is 9.66. The molecule has 0 bridgehead atoms. The van der Waals surface area contributed by atoms with Crippen molar-refractivity contribution < 1.29 is 5.11 Å². The Hall–Kier alpha value is -0.790. The third-order valence-corrected chi connectivity index (χ3v) is 3.99. The normalized spacial score (nSPS) is 12.4. The van der Waals surface area contributed by atoms with Gasteiger partial charge < -0.3 is 10.1 Å². The van der Waals surface area contributed by atoms with Gasteiger partial charge in [0.1, 0.15) is 0 Å². The minimum Gasteiger partial charge on any atom is -0.862 e. The summed E-state index contributed by atoms with van der Waals surface area (Å²) in [6.45, 7) is 4.81. The van der Waals surface area contributed by atoms with Crippen molar-refractivity contribution in [2.75, 3.05) is 6.54 Å². The summed E-state index contributed by atoms with van der Waals surface area (Å²) < 4.78 is 0. The fraction of sp³-hybridized carbons (Fsp3) is 0.850. The van der Waals surface area contributed by atoms with Crippen LogP contribution in [0.2, 0.25) is 0 Å². The van der Waals surface area contributed by atoms with E-state index in [1.807, 2.05) is 6.92 Å². The van der Waals surface area contributed by atoms with Gasteiger partial charge in [-0.2, -0.15) is 0 Å². The molecule has 0 aliphatic rings. The van der Waals surface area contributed by atoms with E-state index in [0.29, 0.717) is 13.0 Å². The smallest absolute Gasteiger partial charge is 0.0349 e. The maximum atomic E-state index is 11.2. The SMILES string of the molecule is CCCCCCCCC=CCCCCCCCC([O-])=NCC. The van der Waals surface area contributed by atoms with Crippen LogP contribution in [0.3, 0.4) is 0 Å². The van der Waals surface area contributed by atoms with Crippen molar-refractivity contribution in [2.45, 2.75) is 104 Å². The largest absolute Gasteiger partial charge is 0.862 e. The van der Waals surface area contributed by atoms with E-state index in [4.69, 9.17) is 0 Å². The first-order chi connectivity index (χ1) is 10.8. The first-order valence-corrected chi connectivity index (χ1v) is 9.66. The van der Waals surface area contributed by atoms with Gasteiger partial charge in [0.05, 0.1) is 0 Å². The van der Waals surface area contributed by atoms with E-state index in [1.54, 1.807) is 0 Å². The lowest BCUT2D eigenvalue weighted by Gasteiger charge is -2.09. The fourth-order valence-electron chi connectivity index (χ4n) is 2.60. The number of rotatable bonds is 16. The number of nitrogens with zero attached hydrogens (tertiary/aromatic N) is 1. The highest BCUT2D eigenvalue weighted by molar-refractivity contribution is 5.71. The van der Waals surface area contributed by atoms with E-state index >= 15 is 0 Å². The maximum Gasteiger partial charge on any atom is 0.0349 e. The van der Waals surface area contributed by atoms with Gasteiger partial charge in [-0.1, -0.05) is 70.4 Å². The third-order valence-electron chi connectivity index (χ3n) is 3.99. The van der Waals surface area contributed by atoms with E-state index in [-0.39, 0.29) is 5.90 Å². The molecule has 0 spiro atoms. The topological polar surface area (TPSA) is 35.4 Å². The summed E-state index contributed by atoms with van der Waals surface area (Å²) in [7, 11) is 0. The summed E-state index contributed by atoms with van der Waals surface area (Å²) in [4.78, 5) is 3.88. The van der Waals surface area contributed by atoms with Gasteiger partial charge in [-0.15, -0.1) is 0 Å². The van der Waals surface area contributed by atoms with Crippen molar-refractivity contribution in [1.29, 1.82) is 0 Å². The molecule has 0 aliphatic carbocycles. The van der Waals surface area contributed by atoms with Gasteiger partial charge in [-0.3, -0.25) is 0 Å². The van der Waals surface area contributed by atoms with Gasteiger partial charge in [-0.25, -0.2) is 0 Å². The van der Waals surface area contributed by atoms with Gasteiger partial charge >= 0.3 is 0 Å². The van der Waals surface area contributed by atoms with Gasteiger partial charge in [0.15, 0.2) is 0 Å². The molecule has 0 fully saturated rings.